The summed E-state index contributed by atoms with van der Waals surface area (Å²) in [7, 11) is 0. The highest BCUT2D eigenvalue weighted by Gasteiger charge is 2.17. The van der Waals surface area contributed by atoms with E-state index in [1.165, 1.54) is 11.3 Å². The van der Waals surface area contributed by atoms with E-state index in [1.807, 2.05) is 36.6 Å². The maximum Gasteiger partial charge on any atom is 0.230 e. The van der Waals surface area contributed by atoms with E-state index in [0.717, 1.165) is 16.3 Å². The van der Waals surface area contributed by atoms with Gasteiger partial charge in [0, 0.05) is 23.1 Å². The summed E-state index contributed by atoms with van der Waals surface area (Å²) in [4.78, 5) is 17.0. The van der Waals surface area contributed by atoms with Gasteiger partial charge in [-0.1, -0.05) is 11.6 Å². The molecule has 0 radical (unpaired) electrons. The molecule has 1 aromatic heterocycles. The zero-order valence-electron chi connectivity index (χ0n) is 15.7. The Hall–Kier alpha value is -2.77. The number of carbonyl (C=O) groups is 1. The van der Waals surface area contributed by atoms with Gasteiger partial charge >= 0.3 is 0 Å². The van der Waals surface area contributed by atoms with Crippen LogP contribution in [-0.4, -0.2) is 30.7 Å². The maximum atomic E-state index is 12.5. The average molecular weight is 431 g/mol. The summed E-state index contributed by atoms with van der Waals surface area (Å²) in [5.41, 5.74) is 2.17. The van der Waals surface area contributed by atoms with Crippen molar-refractivity contribution < 1.29 is 19.0 Å². The van der Waals surface area contributed by atoms with E-state index in [2.05, 4.69) is 10.3 Å². The van der Waals surface area contributed by atoms with Crippen molar-refractivity contribution in [1.82, 2.24) is 4.98 Å². The predicted molar refractivity (Wildman–Crippen MR) is 113 cm³/mol. The van der Waals surface area contributed by atoms with Crippen LogP contribution in [0, 0.1) is 0 Å². The lowest BCUT2D eigenvalue weighted by molar-refractivity contribution is -0.115. The summed E-state index contributed by atoms with van der Waals surface area (Å²) >= 11 is 7.75. The first-order valence-electron chi connectivity index (χ1n) is 9.19. The third-order valence-electron chi connectivity index (χ3n) is 4.21. The number of anilines is 1. The molecular formula is C21H19ClN2O4S. The number of carbonyl (C=O) groups excluding carboxylic acids is 1. The van der Waals surface area contributed by atoms with Gasteiger partial charge in [-0.05, 0) is 31.2 Å². The van der Waals surface area contributed by atoms with Gasteiger partial charge in [-0.3, -0.25) is 4.79 Å². The first kappa shape index (κ1) is 19.5. The number of rotatable bonds is 6. The van der Waals surface area contributed by atoms with E-state index < -0.39 is 0 Å². The third-order valence-corrected chi connectivity index (χ3v) is 5.46. The van der Waals surface area contributed by atoms with Crippen molar-refractivity contribution in [3.8, 4) is 27.8 Å². The molecule has 3 aromatic rings. The summed E-state index contributed by atoms with van der Waals surface area (Å²) in [5.74, 6) is 1.77. The molecule has 0 spiro atoms. The van der Waals surface area contributed by atoms with E-state index >= 15 is 0 Å². The van der Waals surface area contributed by atoms with Crippen molar-refractivity contribution in [2.45, 2.75) is 13.3 Å². The van der Waals surface area contributed by atoms with Gasteiger partial charge in [-0.15, -0.1) is 11.3 Å². The topological polar surface area (TPSA) is 69.7 Å². The fourth-order valence-corrected chi connectivity index (χ4v) is 3.93. The molecule has 0 unspecified atom stereocenters. The van der Waals surface area contributed by atoms with Crippen molar-refractivity contribution in [2.24, 2.45) is 0 Å². The van der Waals surface area contributed by atoms with E-state index in [4.69, 9.17) is 25.8 Å². The van der Waals surface area contributed by atoms with Gasteiger partial charge in [0.05, 0.1) is 29.4 Å². The number of halogens is 1. The molecule has 8 heteroatoms. The van der Waals surface area contributed by atoms with Gasteiger partial charge in [0.2, 0.25) is 5.91 Å². The van der Waals surface area contributed by atoms with Crippen LogP contribution in [0.25, 0.3) is 10.6 Å². The molecule has 2 aromatic carbocycles. The van der Waals surface area contributed by atoms with Crippen LogP contribution in [-0.2, 0) is 11.2 Å². The number of thiazole rings is 1. The molecule has 1 aliphatic heterocycles. The molecule has 2 heterocycles. The lowest BCUT2D eigenvalue weighted by Gasteiger charge is -2.19. The highest BCUT2D eigenvalue weighted by molar-refractivity contribution is 7.13. The fraction of sp³-hybridized carbons (Fsp3) is 0.238. The first-order chi connectivity index (χ1) is 14.1. The summed E-state index contributed by atoms with van der Waals surface area (Å²) in [6.07, 6.45) is 0.151. The van der Waals surface area contributed by atoms with Crippen LogP contribution in [0.15, 0.2) is 41.8 Å². The van der Waals surface area contributed by atoms with Crippen molar-refractivity contribution >= 4 is 34.5 Å². The second kappa shape index (κ2) is 8.71. The Morgan fingerprint density at radius 2 is 1.93 bits per heavy atom. The van der Waals surface area contributed by atoms with E-state index in [-0.39, 0.29) is 12.3 Å². The standard InChI is InChI=1S/C21H19ClN2O4S/c1-2-26-15-5-3-13(4-6-15)21-23-14(12-29-21)9-20(25)24-17-11-19-18(10-16(17)22)27-7-8-28-19/h3-6,10-12H,2,7-9H2,1H3,(H,24,25). The van der Waals surface area contributed by atoms with Crippen molar-refractivity contribution in [2.75, 3.05) is 25.1 Å². The van der Waals surface area contributed by atoms with Gasteiger partial charge in [-0.2, -0.15) is 0 Å². The van der Waals surface area contributed by atoms with Gasteiger partial charge in [0.25, 0.3) is 0 Å². The minimum Gasteiger partial charge on any atom is -0.494 e. The number of aromatic nitrogens is 1. The summed E-state index contributed by atoms with van der Waals surface area (Å²) < 4.78 is 16.5. The number of benzene rings is 2. The van der Waals surface area contributed by atoms with Crippen molar-refractivity contribution in [3.05, 3.63) is 52.5 Å². The first-order valence-corrected chi connectivity index (χ1v) is 10.4. The van der Waals surface area contributed by atoms with Gasteiger partial charge in [0.15, 0.2) is 11.5 Å². The molecule has 0 saturated carbocycles. The molecule has 0 fully saturated rings. The Bertz CT molecular complexity index is 1020. The van der Waals surface area contributed by atoms with Crippen LogP contribution in [0.3, 0.4) is 0 Å². The number of fused-ring (bicyclic) bond motifs is 1. The zero-order chi connectivity index (χ0) is 20.2. The Labute approximate surface area is 177 Å². The van der Waals surface area contributed by atoms with Crippen LogP contribution >= 0.6 is 22.9 Å². The molecule has 4 rings (SSSR count). The minimum atomic E-state index is -0.202. The van der Waals surface area contributed by atoms with Crippen molar-refractivity contribution in [1.29, 1.82) is 0 Å². The molecular weight excluding hydrogens is 412 g/mol. The van der Waals surface area contributed by atoms with E-state index in [0.29, 0.717) is 47.7 Å². The monoisotopic (exact) mass is 430 g/mol. The predicted octanol–water partition coefficient (Wildman–Crippen LogP) is 4.81. The Morgan fingerprint density at radius 1 is 1.21 bits per heavy atom. The molecule has 29 heavy (non-hydrogen) atoms. The Balaban J connectivity index is 1.42. The number of amides is 1. The summed E-state index contributed by atoms with van der Waals surface area (Å²) in [6, 6.07) is 11.1. The number of nitrogens with one attached hydrogen (secondary N) is 1. The molecule has 1 amide bonds. The van der Waals surface area contributed by atoms with Crippen LogP contribution < -0.4 is 19.5 Å². The van der Waals surface area contributed by atoms with Crippen LogP contribution in [0.2, 0.25) is 5.02 Å². The number of hydrogen-bond donors (Lipinski definition) is 1. The van der Waals surface area contributed by atoms with Crippen LogP contribution in [0.4, 0.5) is 5.69 Å². The number of hydrogen-bond acceptors (Lipinski definition) is 6. The second-order valence-electron chi connectivity index (χ2n) is 6.30. The molecule has 0 atom stereocenters. The van der Waals surface area contributed by atoms with Gasteiger partial charge in [-0.25, -0.2) is 4.98 Å². The number of ether oxygens (including phenoxy) is 3. The summed E-state index contributed by atoms with van der Waals surface area (Å²) in [5, 5.41) is 5.96. The molecule has 0 aliphatic carbocycles. The summed E-state index contributed by atoms with van der Waals surface area (Å²) in [6.45, 7) is 3.53. The highest BCUT2D eigenvalue weighted by Crippen LogP contribution is 2.38. The second-order valence-corrected chi connectivity index (χ2v) is 7.57. The van der Waals surface area contributed by atoms with Gasteiger partial charge in [0.1, 0.15) is 24.0 Å². The molecule has 150 valence electrons. The smallest absolute Gasteiger partial charge is 0.230 e. The van der Waals surface area contributed by atoms with Crippen LogP contribution in [0.1, 0.15) is 12.6 Å². The molecule has 6 nitrogen and oxygen atoms in total. The quantitative estimate of drug-likeness (QED) is 0.607. The normalized spacial score (nSPS) is 12.5. The number of nitrogens with zero attached hydrogens (tertiary/aromatic N) is 1. The third kappa shape index (κ3) is 4.63. The Kier molecular flexibility index (Phi) is 5.87. The van der Waals surface area contributed by atoms with Crippen LogP contribution in [0.5, 0.6) is 17.2 Å². The molecule has 0 saturated heterocycles. The lowest BCUT2D eigenvalue weighted by Crippen LogP contribution is -2.17. The van der Waals surface area contributed by atoms with Crippen molar-refractivity contribution in [3.63, 3.8) is 0 Å². The fourth-order valence-electron chi connectivity index (χ4n) is 2.90. The SMILES string of the molecule is CCOc1ccc(-c2nc(CC(=O)Nc3cc4c(cc3Cl)OCCO4)cs2)cc1. The largest absolute Gasteiger partial charge is 0.494 e. The molecule has 1 aliphatic rings. The average Bonchev–Trinajstić information content (AvgIpc) is 3.17. The van der Waals surface area contributed by atoms with E-state index in [1.54, 1.807) is 12.1 Å². The van der Waals surface area contributed by atoms with Gasteiger partial charge < -0.3 is 19.5 Å². The highest BCUT2D eigenvalue weighted by atomic mass is 35.5. The zero-order valence-corrected chi connectivity index (χ0v) is 17.3. The molecule has 0 bridgehead atoms. The maximum absolute atomic E-state index is 12.5. The Morgan fingerprint density at radius 3 is 2.66 bits per heavy atom. The van der Waals surface area contributed by atoms with E-state index in [9.17, 15) is 4.79 Å². The lowest BCUT2D eigenvalue weighted by atomic mass is 10.2. The minimum absolute atomic E-state index is 0.151. The molecule has 1 N–H and O–H groups in total.